The maximum atomic E-state index is 5.81. The van der Waals surface area contributed by atoms with Crippen LogP contribution in [-0.2, 0) is 11.3 Å². The zero-order valence-corrected chi connectivity index (χ0v) is 11.8. The van der Waals surface area contributed by atoms with Gasteiger partial charge in [-0.15, -0.1) is 0 Å². The Hall–Kier alpha value is -0.940. The molecule has 2 unspecified atom stereocenters. The third kappa shape index (κ3) is 2.98. The number of rotatable bonds is 4. The molecule has 0 aromatic carbocycles. The van der Waals surface area contributed by atoms with Gasteiger partial charge in [0.25, 0.3) is 5.89 Å². The Balaban J connectivity index is 1.56. The summed E-state index contributed by atoms with van der Waals surface area (Å²) < 4.78 is 11.1. The molecule has 2 fully saturated rings. The molecule has 1 aliphatic heterocycles. The summed E-state index contributed by atoms with van der Waals surface area (Å²) in [5, 5.41) is 7.35. The highest BCUT2D eigenvalue weighted by atomic mass is 16.5. The lowest BCUT2D eigenvalue weighted by atomic mass is 9.82. The Labute approximate surface area is 114 Å². The Morgan fingerprint density at radius 2 is 2.26 bits per heavy atom. The molecule has 2 atom stereocenters. The highest BCUT2D eigenvalue weighted by molar-refractivity contribution is 4.98. The van der Waals surface area contributed by atoms with Crippen LogP contribution < -0.4 is 5.32 Å². The fourth-order valence-electron chi connectivity index (χ4n) is 2.98. The lowest BCUT2D eigenvalue weighted by molar-refractivity contribution is -0.0841. The van der Waals surface area contributed by atoms with Crippen molar-refractivity contribution < 1.29 is 9.26 Å². The van der Waals surface area contributed by atoms with Crippen LogP contribution in [0.2, 0.25) is 0 Å². The van der Waals surface area contributed by atoms with Crippen LogP contribution >= 0.6 is 0 Å². The number of hydrogen-bond donors (Lipinski definition) is 1. The van der Waals surface area contributed by atoms with E-state index in [-0.39, 0.29) is 5.60 Å². The minimum absolute atomic E-state index is 0.0615. The zero-order chi connectivity index (χ0) is 13.3. The van der Waals surface area contributed by atoms with E-state index in [1.807, 2.05) is 0 Å². The molecule has 0 radical (unpaired) electrons. The first-order chi connectivity index (χ1) is 9.15. The molecule has 0 bridgehead atoms. The van der Waals surface area contributed by atoms with E-state index in [0.29, 0.717) is 18.4 Å². The molecule has 5 heteroatoms. The smallest absolute Gasteiger partial charge is 0.252 e. The van der Waals surface area contributed by atoms with E-state index < -0.39 is 0 Å². The van der Waals surface area contributed by atoms with E-state index in [1.165, 1.54) is 25.7 Å². The maximum absolute atomic E-state index is 5.81. The largest absolute Gasteiger partial charge is 0.363 e. The van der Waals surface area contributed by atoms with Gasteiger partial charge in [0.15, 0.2) is 5.82 Å². The number of hydrogen-bond acceptors (Lipinski definition) is 5. The van der Waals surface area contributed by atoms with Crippen LogP contribution in [0.15, 0.2) is 4.52 Å². The third-order valence-electron chi connectivity index (χ3n) is 4.33. The second-order valence-electron chi connectivity index (χ2n) is 6.36. The van der Waals surface area contributed by atoms with Crippen molar-refractivity contribution in [2.45, 2.75) is 57.7 Å². The second-order valence-corrected chi connectivity index (χ2v) is 6.36. The number of nitrogens with one attached hydrogen (secondary N) is 1. The lowest BCUT2D eigenvalue weighted by Gasteiger charge is -2.38. The van der Waals surface area contributed by atoms with E-state index in [4.69, 9.17) is 9.26 Å². The average molecular weight is 265 g/mol. The molecule has 0 spiro atoms. The summed E-state index contributed by atoms with van der Waals surface area (Å²) in [6.07, 6.45) is 4.97. The van der Waals surface area contributed by atoms with E-state index in [2.05, 4.69) is 29.3 Å². The summed E-state index contributed by atoms with van der Waals surface area (Å²) in [5.41, 5.74) is -0.0615. The van der Waals surface area contributed by atoms with Gasteiger partial charge in [-0.2, -0.15) is 4.98 Å². The molecule has 5 nitrogen and oxygen atoms in total. The lowest BCUT2D eigenvalue weighted by Crippen LogP contribution is -2.58. The number of nitrogens with zero attached hydrogens (tertiary/aromatic N) is 2. The molecule has 0 amide bonds. The first-order valence-corrected chi connectivity index (χ1v) is 7.32. The minimum atomic E-state index is -0.0615. The molecular formula is C14H23N3O2. The van der Waals surface area contributed by atoms with Gasteiger partial charge in [0.05, 0.1) is 5.60 Å². The minimum Gasteiger partial charge on any atom is -0.363 e. The van der Waals surface area contributed by atoms with Gasteiger partial charge in [-0.05, 0) is 25.7 Å². The molecule has 19 heavy (non-hydrogen) atoms. The summed E-state index contributed by atoms with van der Waals surface area (Å²) in [6.45, 7) is 6.63. The van der Waals surface area contributed by atoms with Crippen molar-refractivity contribution in [2.24, 2.45) is 5.92 Å². The normalized spacial score (nSPS) is 30.0. The number of aromatic nitrogens is 2. The molecule has 3 rings (SSSR count). The van der Waals surface area contributed by atoms with E-state index >= 15 is 0 Å². The van der Waals surface area contributed by atoms with E-state index in [0.717, 1.165) is 24.8 Å². The van der Waals surface area contributed by atoms with Crippen LogP contribution in [0.25, 0.3) is 0 Å². The fraction of sp³-hybridized carbons (Fsp3) is 0.857. The third-order valence-corrected chi connectivity index (χ3v) is 4.33. The highest BCUT2D eigenvalue weighted by Gasteiger charge is 2.33. The van der Waals surface area contributed by atoms with E-state index in [9.17, 15) is 0 Å². The van der Waals surface area contributed by atoms with Gasteiger partial charge in [0, 0.05) is 19.0 Å². The van der Waals surface area contributed by atoms with Crippen molar-refractivity contribution in [2.75, 3.05) is 13.1 Å². The van der Waals surface area contributed by atoms with Gasteiger partial charge in [0.2, 0.25) is 0 Å². The van der Waals surface area contributed by atoms with Crippen LogP contribution in [0.4, 0.5) is 0 Å². The Morgan fingerprint density at radius 1 is 1.42 bits per heavy atom. The van der Waals surface area contributed by atoms with Gasteiger partial charge in [-0.1, -0.05) is 24.9 Å². The van der Waals surface area contributed by atoms with Gasteiger partial charge >= 0.3 is 0 Å². The Bertz CT molecular complexity index is 428. The van der Waals surface area contributed by atoms with Crippen LogP contribution in [0.5, 0.6) is 0 Å². The molecule has 1 aromatic rings. The van der Waals surface area contributed by atoms with Gasteiger partial charge < -0.3 is 14.6 Å². The number of ether oxygens (including phenoxy) is 1. The summed E-state index contributed by atoms with van der Waals surface area (Å²) in [4.78, 5) is 4.51. The molecular weight excluding hydrogens is 242 g/mol. The summed E-state index contributed by atoms with van der Waals surface area (Å²) in [5.74, 6) is 2.74. The topological polar surface area (TPSA) is 60.2 Å². The van der Waals surface area contributed by atoms with Gasteiger partial charge in [-0.3, -0.25) is 0 Å². The predicted octanol–water partition coefficient (Wildman–Crippen LogP) is 2.24. The second kappa shape index (κ2) is 5.21. The maximum Gasteiger partial charge on any atom is 0.252 e. The zero-order valence-electron chi connectivity index (χ0n) is 11.8. The summed E-state index contributed by atoms with van der Waals surface area (Å²) in [7, 11) is 0. The first kappa shape index (κ1) is 13.1. The molecule has 2 aliphatic rings. The quantitative estimate of drug-likeness (QED) is 0.904. The monoisotopic (exact) mass is 265 g/mol. The molecule has 1 saturated heterocycles. The van der Waals surface area contributed by atoms with Crippen molar-refractivity contribution in [3.63, 3.8) is 0 Å². The van der Waals surface area contributed by atoms with Crippen molar-refractivity contribution in [3.05, 3.63) is 11.7 Å². The van der Waals surface area contributed by atoms with E-state index in [1.54, 1.807) is 0 Å². The fourth-order valence-corrected chi connectivity index (χ4v) is 2.98. The summed E-state index contributed by atoms with van der Waals surface area (Å²) in [6, 6.07) is 0. The van der Waals surface area contributed by atoms with Crippen molar-refractivity contribution in [3.8, 4) is 0 Å². The van der Waals surface area contributed by atoms with Gasteiger partial charge in [-0.25, -0.2) is 0 Å². The van der Waals surface area contributed by atoms with Crippen LogP contribution in [0, 0.1) is 5.92 Å². The standard InChI is InChI=1S/C14H23N3O2/c1-10-4-3-5-11(6-10)13-16-12(19-17-13)7-18-14(2)8-15-9-14/h10-11,15H,3-9H2,1-2H3. The van der Waals surface area contributed by atoms with Crippen LogP contribution in [0.3, 0.4) is 0 Å². The van der Waals surface area contributed by atoms with Crippen molar-refractivity contribution >= 4 is 0 Å². The molecule has 1 saturated carbocycles. The molecule has 1 N–H and O–H groups in total. The first-order valence-electron chi connectivity index (χ1n) is 7.32. The van der Waals surface area contributed by atoms with Crippen molar-refractivity contribution in [1.82, 2.24) is 15.5 Å². The van der Waals surface area contributed by atoms with Gasteiger partial charge in [0.1, 0.15) is 6.61 Å². The van der Waals surface area contributed by atoms with Crippen LogP contribution in [0.1, 0.15) is 57.2 Å². The molecule has 1 aromatic heterocycles. The molecule has 106 valence electrons. The molecule has 1 aliphatic carbocycles. The highest BCUT2D eigenvalue weighted by Crippen LogP contribution is 2.34. The average Bonchev–Trinajstić information content (AvgIpc) is 2.83. The Kier molecular flexibility index (Phi) is 3.58. The Morgan fingerprint density at radius 3 is 2.95 bits per heavy atom. The predicted molar refractivity (Wildman–Crippen MR) is 70.7 cm³/mol. The summed E-state index contributed by atoms with van der Waals surface area (Å²) >= 11 is 0. The SMILES string of the molecule is CC1CCCC(c2noc(COC3(C)CNC3)n2)C1. The van der Waals surface area contributed by atoms with Crippen LogP contribution in [-0.4, -0.2) is 28.8 Å². The molecule has 2 heterocycles. The van der Waals surface area contributed by atoms with Crippen molar-refractivity contribution in [1.29, 1.82) is 0 Å².